The molecular weight excluding hydrogens is 252 g/mol. The molecule has 94 valence electrons. The Labute approximate surface area is 110 Å². The number of hydrogen-bond donors (Lipinski definition) is 1. The van der Waals surface area contributed by atoms with Crippen molar-refractivity contribution in [3.8, 4) is 0 Å². The van der Waals surface area contributed by atoms with Crippen molar-refractivity contribution < 1.29 is 4.79 Å². The summed E-state index contributed by atoms with van der Waals surface area (Å²) in [5, 5.41) is 5.09. The first-order chi connectivity index (χ1) is 8.15. The fraction of sp³-hybridized carbons (Fsp3) is 0.667. The summed E-state index contributed by atoms with van der Waals surface area (Å²) >= 11 is 3.16. The van der Waals surface area contributed by atoms with Gasteiger partial charge in [0.25, 0.3) is 0 Å². The standard InChI is InChI=1S/C12H18N2OS2/c1-8-7-16-12(13-8)17-9(2)11(15)14-10-5-3-4-6-10/h7,9-10H,3-6H2,1-2H3,(H,14,15). The van der Waals surface area contributed by atoms with E-state index in [1.165, 1.54) is 12.8 Å². The number of hydrogen-bond acceptors (Lipinski definition) is 4. The molecule has 0 saturated heterocycles. The van der Waals surface area contributed by atoms with Gasteiger partial charge >= 0.3 is 0 Å². The molecule has 1 heterocycles. The van der Waals surface area contributed by atoms with Crippen molar-refractivity contribution in [1.82, 2.24) is 10.3 Å². The molecule has 2 rings (SSSR count). The predicted molar refractivity (Wildman–Crippen MR) is 72.6 cm³/mol. The third-order valence-corrected chi connectivity index (χ3v) is 5.14. The smallest absolute Gasteiger partial charge is 0.233 e. The molecule has 0 radical (unpaired) electrons. The van der Waals surface area contributed by atoms with E-state index < -0.39 is 0 Å². The molecule has 1 aromatic heterocycles. The lowest BCUT2D eigenvalue weighted by atomic mass is 10.2. The number of thiazole rings is 1. The van der Waals surface area contributed by atoms with Crippen LogP contribution in [0.2, 0.25) is 0 Å². The maximum absolute atomic E-state index is 12.0. The van der Waals surface area contributed by atoms with Gasteiger partial charge in [0, 0.05) is 17.1 Å². The van der Waals surface area contributed by atoms with Crippen molar-refractivity contribution in [3.63, 3.8) is 0 Å². The van der Waals surface area contributed by atoms with E-state index in [0.717, 1.165) is 22.9 Å². The number of amides is 1. The summed E-state index contributed by atoms with van der Waals surface area (Å²) in [5.41, 5.74) is 1.03. The van der Waals surface area contributed by atoms with Gasteiger partial charge in [-0.15, -0.1) is 11.3 Å². The molecule has 1 aliphatic rings. The van der Waals surface area contributed by atoms with Crippen LogP contribution in [0, 0.1) is 6.92 Å². The van der Waals surface area contributed by atoms with Gasteiger partial charge in [-0.05, 0) is 26.7 Å². The second kappa shape index (κ2) is 5.87. The van der Waals surface area contributed by atoms with E-state index >= 15 is 0 Å². The summed E-state index contributed by atoms with van der Waals surface area (Å²) in [6.45, 7) is 3.93. The molecule has 17 heavy (non-hydrogen) atoms. The third kappa shape index (κ3) is 3.71. The molecule has 1 amide bonds. The Morgan fingerprint density at radius 2 is 2.29 bits per heavy atom. The number of nitrogens with one attached hydrogen (secondary N) is 1. The van der Waals surface area contributed by atoms with Crippen LogP contribution >= 0.6 is 23.1 Å². The van der Waals surface area contributed by atoms with Gasteiger partial charge in [0.1, 0.15) is 0 Å². The fourth-order valence-electron chi connectivity index (χ4n) is 1.98. The number of carbonyl (C=O) groups is 1. The number of aromatic nitrogens is 1. The highest BCUT2D eigenvalue weighted by Gasteiger charge is 2.21. The van der Waals surface area contributed by atoms with E-state index in [1.807, 2.05) is 19.2 Å². The molecule has 1 atom stereocenters. The van der Waals surface area contributed by atoms with Crippen LogP contribution in [-0.2, 0) is 4.79 Å². The summed E-state index contributed by atoms with van der Waals surface area (Å²) in [6.07, 6.45) is 4.77. The fourth-order valence-corrected chi connectivity index (χ4v) is 3.97. The van der Waals surface area contributed by atoms with E-state index in [1.54, 1.807) is 23.1 Å². The Morgan fingerprint density at radius 3 is 2.88 bits per heavy atom. The summed E-state index contributed by atoms with van der Waals surface area (Å²) in [4.78, 5) is 16.3. The van der Waals surface area contributed by atoms with Crippen LogP contribution in [0.15, 0.2) is 9.72 Å². The zero-order chi connectivity index (χ0) is 12.3. The highest BCUT2D eigenvalue weighted by molar-refractivity contribution is 8.02. The molecular formula is C12H18N2OS2. The summed E-state index contributed by atoms with van der Waals surface area (Å²) in [6, 6.07) is 0.406. The Hall–Kier alpha value is -0.550. The molecule has 1 unspecified atom stereocenters. The number of thioether (sulfide) groups is 1. The monoisotopic (exact) mass is 270 g/mol. The molecule has 3 nitrogen and oxygen atoms in total. The quantitative estimate of drug-likeness (QED) is 0.855. The Bertz CT molecular complexity index is 386. The van der Waals surface area contributed by atoms with Crippen LogP contribution in [0.25, 0.3) is 0 Å². The van der Waals surface area contributed by atoms with Crippen molar-refractivity contribution in [1.29, 1.82) is 0 Å². The lowest BCUT2D eigenvalue weighted by Gasteiger charge is -2.15. The first kappa shape index (κ1) is 12.9. The van der Waals surface area contributed by atoms with Crippen molar-refractivity contribution in [2.45, 2.75) is 55.2 Å². The van der Waals surface area contributed by atoms with Crippen molar-refractivity contribution in [3.05, 3.63) is 11.1 Å². The van der Waals surface area contributed by atoms with Crippen LogP contribution in [0.3, 0.4) is 0 Å². The van der Waals surface area contributed by atoms with Crippen LogP contribution in [0.4, 0.5) is 0 Å². The van der Waals surface area contributed by atoms with Gasteiger partial charge in [0.05, 0.1) is 5.25 Å². The molecule has 1 aromatic rings. The van der Waals surface area contributed by atoms with Gasteiger partial charge < -0.3 is 5.32 Å². The first-order valence-electron chi connectivity index (χ1n) is 6.04. The van der Waals surface area contributed by atoms with E-state index in [9.17, 15) is 4.79 Å². The van der Waals surface area contributed by atoms with E-state index in [-0.39, 0.29) is 11.2 Å². The minimum Gasteiger partial charge on any atom is -0.352 e. The third-order valence-electron chi connectivity index (χ3n) is 2.95. The SMILES string of the molecule is Cc1csc(SC(C)C(=O)NC2CCCC2)n1. The maximum atomic E-state index is 12.0. The van der Waals surface area contributed by atoms with Crippen LogP contribution in [0.1, 0.15) is 38.3 Å². The maximum Gasteiger partial charge on any atom is 0.233 e. The van der Waals surface area contributed by atoms with Crippen molar-refractivity contribution in [2.24, 2.45) is 0 Å². The lowest BCUT2D eigenvalue weighted by molar-refractivity contribution is -0.120. The molecule has 5 heteroatoms. The normalized spacial score (nSPS) is 18.2. The van der Waals surface area contributed by atoms with E-state index in [2.05, 4.69) is 10.3 Å². The van der Waals surface area contributed by atoms with Gasteiger partial charge in [-0.3, -0.25) is 4.79 Å². The Morgan fingerprint density at radius 1 is 1.59 bits per heavy atom. The zero-order valence-corrected chi connectivity index (χ0v) is 11.9. The van der Waals surface area contributed by atoms with Crippen LogP contribution in [0.5, 0.6) is 0 Å². The highest BCUT2D eigenvalue weighted by Crippen LogP contribution is 2.27. The molecule has 1 saturated carbocycles. The largest absolute Gasteiger partial charge is 0.352 e. The van der Waals surface area contributed by atoms with Gasteiger partial charge in [-0.25, -0.2) is 4.98 Å². The minimum absolute atomic E-state index is 0.0545. The average molecular weight is 270 g/mol. The number of aryl methyl sites for hydroxylation is 1. The first-order valence-corrected chi connectivity index (χ1v) is 7.80. The molecule has 1 aliphatic carbocycles. The van der Waals surface area contributed by atoms with Crippen molar-refractivity contribution in [2.75, 3.05) is 0 Å². The van der Waals surface area contributed by atoms with E-state index in [0.29, 0.717) is 6.04 Å². The molecule has 0 spiro atoms. The highest BCUT2D eigenvalue weighted by atomic mass is 32.2. The second-order valence-electron chi connectivity index (χ2n) is 4.50. The average Bonchev–Trinajstić information content (AvgIpc) is 2.90. The van der Waals surface area contributed by atoms with Gasteiger partial charge in [-0.2, -0.15) is 0 Å². The molecule has 1 fully saturated rings. The van der Waals surface area contributed by atoms with Gasteiger partial charge in [-0.1, -0.05) is 24.6 Å². The Balaban J connectivity index is 1.82. The predicted octanol–water partition coefficient (Wildman–Crippen LogP) is 2.99. The Kier molecular flexibility index (Phi) is 4.45. The molecule has 0 aliphatic heterocycles. The molecule has 0 bridgehead atoms. The number of carbonyl (C=O) groups excluding carboxylic acids is 1. The lowest BCUT2D eigenvalue weighted by Crippen LogP contribution is -2.37. The van der Waals surface area contributed by atoms with E-state index in [4.69, 9.17) is 0 Å². The number of nitrogens with zero attached hydrogens (tertiary/aromatic N) is 1. The minimum atomic E-state index is -0.0545. The van der Waals surface area contributed by atoms with Crippen LogP contribution in [-0.4, -0.2) is 22.2 Å². The molecule has 0 aromatic carbocycles. The summed E-state index contributed by atoms with van der Waals surface area (Å²) < 4.78 is 0.983. The van der Waals surface area contributed by atoms with Gasteiger partial charge in [0.2, 0.25) is 5.91 Å². The van der Waals surface area contributed by atoms with Crippen molar-refractivity contribution >= 4 is 29.0 Å². The zero-order valence-electron chi connectivity index (χ0n) is 10.2. The summed E-state index contributed by atoms with van der Waals surface area (Å²) in [7, 11) is 0. The second-order valence-corrected chi connectivity index (χ2v) is 6.95. The van der Waals surface area contributed by atoms with Gasteiger partial charge in [0.15, 0.2) is 4.34 Å². The topological polar surface area (TPSA) is 42.0 Å². The number of rotatable bonds is 4. The molecule has 1 N–H and O–H groups in total. The van der Waals surface area contributed by atoms with Crippen LogP contribution < -0.4 is 5.32 Å². The summed E-state index contributed by atoms with van der Waals surface area (Å²) in [5.74, 6) is 0.148.